The van der Waals surface area contributed by atoms with Crippen molar-refractivity contribution in [2.24, 2.45) is 5.10 Å². The molecular weight excluding hydrogens is 590 g/mol. The molecule has 0 N–H and O–H groups in total. The van der Waals surface area contributed by atoms with E-state index in [-0.39, 0.29) is 35.2 Å². The maximum atomic E-state index is 13.9. The standard InChI is InChI=1S/C34H31N5O7/c1-5-45-32-16-22(4)29(18-28(32)21(2)3)33-36-30-9-7-6-8-27(30)34(40)37(33)35-19-24-17-26(39(43)44)14-15-31(24)46-20-23-10-12-25(13-11-23)38(41)42/h6-19,21H,5,20H2,1-4H3. The number of ether oxygens (including phenoxy) is 2. The van der Waals surface area contributed by atoms with Crippen molar-refractivity contribution < 1.29 is 19.3 Å². The average Bonchev–Trinajstić information content (AvgIpc) is 3.03. The summed E-state index contributed by atoms with van der Waals surface area (Å²) in [5, 5.41) is 27.5. The van der Waals surface area contributed by atoms with Crippen molar-refractivity contribution in [3.05, 3.63) is 132 Å². The molecule has 0 spiro atoms. The molecule has 0 atom stereocenters. The molecule has 1 aromatic heterocycles. The van der Waals surface area contributed by atoms with Crippen molar-refractivity contribution in [3.8, 4) is 22.9 Å². The number of hydrogen-bond acceptors (Lipinski definition) is 9. The Morgan fingerprint density at radius 3 is 2.28 bits per heavy atom. The lowest BCUT2D eigenvalue weighted by atomic mass is 9.96. The second-order valence-corrected chi connectivity index (χ2v) is 10.8. The molecule has 1 heterocycles. The van der Waals surface area contributed by atoms with Crippen LogP contribution in [-0.4, -0.2) is 32.3 Å². The predicted molar refractivity (Wildman–Crippen MR) is 175 cm³/mol. The van der Waals surface area contributed by atoms with E-state index in [0.29, 0.717) is 34.5 Å². The van der Waals surface area contributed by atoms with E-state index >= 15 is 0 Å². The third-order valence-electron chi connectivity index (χ3n) is 7.33. The van der Waals surface area contributed by atoms with Gasteiger partial charge in [0.1, 0.15) is 18.1 Å². The molecule has 0 saturated carbocycles. The molecule has 0 saturated heterocycles. The maximum Gasteiger partial charge on any atom is 0.282 e. The quantitative estimate of drug-likeness (QED) is 0.0855. The lowest BCUT2D eigenvalue weighted by Crippen LogP contribution is -2.21. The number of nitro groups is 2. The number of rotatable bonds is 11. The molecule has 12 heteroatoms. The fraction of sp³-hybridized carbons (Fsp3) is 0.206. The Labute approximate surface area is 263 Å². The van der Waals surface area contributed by atoms with Gasteiger partial charge in [-0.2, -0.15) is 9.78 Å². The smallest absolute Gasteiger partial charge is 0.282 e. The van der Waals surface area contributed by atoms with Gasteiger partial charge in [0, 0.05) is 35.4 Å². The maximum absolute atomic E-state index is 13.9. The highest BCUT2D eigenvalue weighted by Gasteiger charge is 2.19. The average molecular weight is 622 g/mol. The number of benzene rings is 4. The summed E-state index contributed by atoms with van der Waals surface area (Å²) in [6.07, 6.45) is 1.33. The molecule has 0 amide bonds. The normalized spacial score (nSPS) is 11.3. The third kappa shape index (κ3) is 6.60. The van der Waals surface area contributed by atoms with E-state index in [2.05, 4.69) is 18.9 Å². The van der Waals surface area contributed by atoms with E-state index < -0.39 is 15.4 Å². The highest BCUT2D eigenvalue weighted by atomic mass is 16.6. The first-order valence-electron chi connectivity index (χ1n) is 14.6. The van der Waals surface area contributed by atoms with Gasteiger partial charge in [0.2, 0.25) is 0 Å². The van der Waals surface area contributed by atoms with Crippen molar-refractivity contribution in [3.63, 3.8) is 0 Å². The van der Waals surface area contributed by atoms with Crippen molar-refractivity contribution in [1.29, 1.82) is 0 Å². The Bertz CT molecular complexity index is 2040. The van der Waals surface area contributed by atoms with Crippen molar-refractivity contribution >= 4 is 28.5 Å². The molecule has 12 nitrogen and oxygen atoms in total. The molecule has 4 aromatic carbocycles. The van der Waals surface area contributed by atoms with Crippen LogP contribution in [0.25, 0.3) is 22.3 Å². The third-order valence-corrected chi connectivity index (χ3v) is 7.33. The van der Waals surface area contributed by atoms with Crippen molar-refractivity contribution in [2.75, 3.05) is 6.61 Å². The van der Waals surface area contributed by atoms with Crippen LogP contribution in [0.5, 0.6) is 11.5 Å². The summed E-state index contributed by atoms with van der Waals surface area (Å²) >= 11 is 0. The minimum atomic E-state index is -0.538. The number of fused-ring (bicyclic) bond motifs is 1. The number of nitro benzene ring substituents is 2. The van der Waals surface area contributed by atoms with Crippen LogP contribution in [-0.2, 0) is 6.61 Å². The zero-order chi connectivity index (χ0) is 33.0. The Morgan fingerprint density at radius 2 is 1.61 bits per heavy atom. The van der Waals surface area contributed by atoms with Gasteiger partial charge in [-0.15, -0.1) is 0 Å². The van der Waals surface area contributed by atoms with Gasteiger partial charge >= 0.3 is 0 Å². The van der Waals surface area contributed by atoms with Crippen LogP contribution in [0.2, 0.25) is 0 Å². The van der Waals surface area contributed by atoms with E-state index in [4.69, 9.17) is 14.5 Å². The van der Waals surface area contributed by atoms with Crippen LogP contribution in [0.4, 0.5) is 11.4 Å². The Balaban J connectivity index is 1.63. The number of non-ortho nitro benzene ring substituents is 2. The number of hydrogen-bond donors (Lipinski definition) is 0. The Morgan fingerprint density at radius 1 is 0.913 bits per heavy atom. The van der Waals surface area contributed by atoms with Crippen LogP contribution in [0.15, 0.2) is 88.8 Å². The highest BCUT2D eigenvalue weighted by molar-refractivity contribution is 5.85. The van der Waals surface area contributed by atoms with Gasteiger partial charge in [-0.25, -0.2) is 4.98 Å². The van der Waals surface area contributed by atoms with Crippen molar-refractivity contribution in [1.82, 2.24) is 9.66 Å². The predicted octanol–water partition coefficient (Wildman–Crippen LogP) is 7.17. The Hall–Kier alpha value is -5.91. The van der Waals surface area contributed by atoms with E-state index in [1.54, 1.807) is 36.4 Å². The lowest BCUT2D eigenvalue weighted by molar-refractivity contribution is -0.385. The number of aromatic nitrogens is 2. The summed E-state index contributed by atoms with van der Waals surface area (Å²) in [6.45, 7) is 8.46. The molecule has 0 aliphatic heterocycles. The van der Waals surface area contributed by atoms with Crippen LogP contribution in [0.1, 0.15) is 48.9 Å². The molecule has 0 radical (unpaired) electrons. The fourth-order valence-electron chi connectivity index (χ4n) is 4.95. The highest BCUT2D eigenvalue weighted by Crippen LogP contribution is 2.34. The van der Waals surface area contributed by atoms with Crippen LogP contribution >= 0.6 is 0 Å². The fourth-order valence-corrected chi connectivity index (χ4v) is 4.95. The van der Waals surface area contributed by atoms with E-state index in [0.717, 1.165) is 16.9 Å². The van der Waals surface area contributed by atoms with Gasteiger partial charge in [-0.3, -0.25) is 25.0 Å². The molecule has 5 rings (SSSR count). The minimum absolute atomic E-state index is 0.0305. The summed E-state index contributed by atoms with van der Waals surface area (Å²) in [5.41, 5.74) is 3.16. The summed E-state index contributed by atoms with van der Waals surface area (Å²) in [4.78, 5) is 40.3. The molecular formula is C34H31N5O7. The minimum Gasteiger partial charge on any atom is -0.494 e. The van der Waals surface area contributed by atoms with Crippen LogP contribution in [0, 0.1) is 27.2 Å². The topological polar surface area (TPSA) is 152 Å². The molecule has 46 heavy (non-hydrogen) atoms. The van der Waals surface area contributed by atoms with Crippen LogP contribution < -0.4 is 15.0 Å². The first kappa shape index (κ1) is 31.5. The zero-order valence-electron chi connectivity index (χ0n) is 25.7. The second kappa shape index (κ2) is 13.4. The molecule has 0 bridgehead atoms. The van der Waals surface area contributed by atoms with Crippen LogP contribution in [0.3, 0.4) is 0 Å². The first-order valence-corrected chi connectivity index (χ1v) is 14.6. The molecule has 0 aliphatic rings. The van der Waals surface area contributed by atoms with Gasteiger partial charge in [0.25, 0.3) is 16.9 Å². The largest absolute Gasteiger partial charge is 0.494 e. The number of para-hydroxylation sites is 1. The summed E-state index contributed by atoms with van der Waals surface area (Å²) < 4.78 is 13.0. The van der Waals surface area contributed by atoms with E-state index in [1.165, 1.54) is 41.2 Å². The molecule has 5 aromatic rings. The SMILES string of the molecule is CCOc1cc(C)c(-c2nc3ccccc3c(=O)n2N=Cc2cc([N+](=O)[O-])ccc2OCc2ccc([N+](=O)[O-])cc2)cc1C(C)C. The van der Waals surface area contributed by atoms with Gasteiger partial charge in [0.05, 0.1) is 33.6 Å². The first-order chi connectivity index (χ1) is 22.1. The summed E-state index contributed by atoms with van der Waals surface area (Å²) in [6, 6.07) is 20.7. The van der Waals surface area contributed by atoms with E-state index in [1.807, 2.05) is 26.0 Å². The molecule has 234 valence electrons. The molecule has 0 unspecified atom stereocenters. The number of nitrogens with zero attached hydrogens (tertiary/aromatic N) is 5. The van der Waals surface area contributed by atoms with Gasteiger partial charge in [-0.05, 0) is 78.9 Å². The molecule has 0 aliphatic carbocycles. The van der Waals surface area contributed by atoms with E-state index in [9.17, 15) is 25.0 Å². The zero-order valence-corrected chi connectivity index (χ0v) is 25.7. The number of aryl methyl sites for hydroxylation is 1. The van der Waals surface area contributed by atoms with Gasteiger partial charge in [0.15, 0.2) is 5.82 Å². The van der Waals surface area contributed by atoms with Gasteiger partial charge in [-0.1, -0.05) is 26.0 Å². The summed E-state index contributed by atoms with van der Waals surface area (Å²) in [5.74, 6) is 1.42. The van der Waals surface area contributed by atoms with Gasteiger partial charge < -0.3 is 9.47 Å². The van der Waals surface area contributed by atoms with Crippen molar-refractivity contribution in [2.45, 2.75) is 40.2 Å². The monoisotopic (exact) mass is 621 g/mol. The lowest BCUT2D eigenvalue weighted by Gasteiger charge is -2.18. The second-order valence-electron chi connectivity index (χ2n) is 10.8. The summed E-state index contributed by atoms with van der Waals surface area (Å²) in [7, 11) is 0. The molecule has 0 fully saturated rings. The Kier molecular flexibility index (Phi) is 9.17.